The maximum absolute atomic E-state index is 12.7. The molecule has 3 rings (SSSR count). The Morgan fingerprint density at radius 3 is 2.79 bits per heavy atom. The average molecular weight is 459 g/mol. The molecule has 8 nitrogen and oxygen atoms in total. The van der Waals surface area contributed by atoms with Crippen molar-refractivity contribution < 1.29 is 22.5 Å². The van der Waals surface area contributed by atoms with Crippen molar-refractivity contribution in [3.8, 4) is 11.4 Å². The van der Waals surface area contributed by atoms with Crippen molar-refractivity contribution >= 4 is 21.8 Å². The Morgan fingerprint density at radius 1 is 1.39 bits per heavy atom. The summed E-state index contributed by atoms with van der Waals surface area (Å²) in [7, 11) is 1.25. The van der Waals surface area contributed by atoms with Crippen LogP contribution in [0.1, 0.15) is 40.7 Å². The predicted octanol–water partition coefficient (Wildman–Crippen LogP) is 3.27. The number of hydrogen-bond donors (Lipinski definition) is 1. The van der Waals surface area contributed by atoms with Crippen LogP contribution in [0.15, 0.2) is 28.9 Å². The molecule has 12 heteroatoms. The number of aryl methyl sites for hydroxylation is 1. The number of alkyl halides is 4. The summed E-state index contributed by atoms with van der Waals surface area (Å²) in [5.41, 5.74) is 0.0736. The smallest absolute Gasteiger partial charge is 0.339 e. The van der Waals surface area contributed by atoms with Gasteiger partial charge in [0.1, 0.15) is 11.7 Å². The quantitative estimate of drug-likeness (QED) is 0.589. The summed E-state index contributed by atoms with van der Waals surface area (Å²) in [6.07, 6.45) is -3.03. The molecule has 148 valence electrons. The van der Waals surface area contributed by atoms with E-state index in [9.17, 15) is 18.0 Å². The highest BCUT2D eigenvalue weighted by atomic mass is 79.9. The van der Waals surface area contributed by atoms with Crippen molar-refractivity contribution in [3.63, 3.8) is 0 Å². The highest BCUT2D eigenvalue weighted by Crippen LogP contribution is 2.28. The van der Waals surface area contributed by atoms with Gasteiger partial charge in [-0.25, -0.2) is 0 Å². The molecule has 0 saturated heterocycles. The van der Waals surface area contributed by atoms with E-state index in [0.29, 0.717) is 22.8 Å². The first-order valence-corrected chi connectivity index (χ1v) is 9.08. The fraction of sp³-hybridized carbons (Fsp3) is 0.312. The minimum absolute atomic E-state index is 0.110. The zero-order valence-corrected chi connectivity index (χ0v) is 16.2. The summed E-state index contributed by atoms with van der Waals surface area (Å²) in [4.78, 5) is 20.7. The second-order valence-electron chi connectivity index (χ2n) is 5.86. The molecule has 3 heterocycles. The van der Waals surface area contributed by atoms with E-state index >= 15 is 0 Å². The van der Waals surface area contributed by atoms with E-state index in [4.69, 9.17) is 4.52 Å². The van der Waals surface area contributed by atoms with Crippen molar-refractivity contribution in [2.45, 2.75) is 24.5 Å². The Kier molecular flexibility index (Phi) is 5.49. The zero-order valence-electron chi connectivity index (χ0n) is 14.7. The maximum atomic E-state index is 12.7. The van der Waals surface area contributed by atoms with Crippen LogP contribution in [0.3, 0.4) is 0 Å². The summed E-state index contributed by atoms with van der Waals surface area (Å²) in [5.74, 6) is -0.331. The molecule has 28 heavy (non-hydrogen) atoms. The monoisotopic (exact) mass is 458 g/mol. The number of carbonyl (C=O) groups excluding carboxylic acids is 1. The summed E-state index contributed by atoms with van der Waals surface area (Å²) >= 11 is 3.31. The van der Waals surface area contributed by atoms with Gasteiger partial charge in [0.15, 0.2) is 5.69 Å². The molecule has 0 aliphatic carbocycles. The third-order valence-electron chi connectivity index (χ3n) is 3.77. The predicted molar refractivity (Wildman–Crippen MR) is 94.3 cm³/mol. The summed E-state index contributed by atoms with van der Waals surface area (Å²) < 4.78 is 44.3. The number of halogens is 4. The van der Waals surface area contributed by atoms with Crippen molar-refractivity contribution in [3.05, 3.63) is 47.4 Å². The SMILES string of the molecule is C[C@H](NC(=O)c1cc(C(F)(F)F)nn1C)c1nc(-c2ccnc(CBr)c2)no1. The lowest BCUT2D eigenvalue weighted by atomic mass is 10.2. The van der Waals surface area contributed by atoms with Gasteiger partial charge in [0.2, 0.25) is 11.7 Å². The molecule has 0 radical (unpaired) electrons. The van der Waals surface area contributed by atoms with E-state index in [-0.39, 0.29) is 11.6 Å². The van der Waals surface area contributed by atoms with Crippen LogP contribution < -0.4 is 5.32 Å². The summed E-state index contributed by atoms with van der Waals surface area (Å²) in [5, 5.41) is 10.3. The van der Waals surface area contributed by atoms with Gasteiger partial charge in [-0.3, -0.25) is 14.5 Å². The van der Waals surface area contributed by atoms with Crippen molar-refractivity contribution in [2.24, 2.45) is 7.05 Å². The van der Waals surface area contributed by atoms with Gasteiger partial charge in [-0.1, -0.05) is 21.1 Å². The van der Waals surface area contributed by atoms with Crippen LogP contribution >= 0.6 is 15.9 Å². The fourth-order valence-electron chi connectivity index (χ4n) is 2.37. The van der Waals surface area contributed by atoms with Crippen molar-refractivity contribution in [1.82, 2.24) is 30.2 Å². The molecule has 0 fully saturated rings. The Labute approximate surface area is 165 Å². The zero-order chi connectivity index (χ0) is 20.5. The molecule has 3 aromatic rings. The minimum Gasteiger partial charge on any atom is -0.339 e. The van der Waals surface area contributed by atoms with E-state index < -0.39 is 23.8 Å². The van der Waals surface area contributed by atoms with Crippen LogP contribution in [-0.2, 0) is 18.6 Å². The van der Waals surface area contributed by atoms with Crippen molar-refractivity contribution in [1.29, 1.82) is 0 Å². The molecule has 1 amide bonds. The second kappa shape index (κ2) is 7.70. The highest BCUT2D eigenvalue weighted by molar-refractivity contribution is 9.08. The standard InChI is InChI=1S/C16H14BrF3N6O2/c1-8(22-14(27)11-6-12(16(18,19)20)24-26(11)2)15-23-13(25-28-15)9-3-4-21-10(5-9)7-17/h3-6,8H,7H2,1-2H3,(H,22,27)/t8-/m0/s1. The van der Waals surface area contributed by atoms with Crippen LogP contribution in [0.25, 0.3) is 11.4 Å². The van der Waals surface area contributed by atoms with Crippen molar-refractivity contribution in [2.75, 3.05) is 0 Å². The number of rotatable bonds is 5. The fourth-order valence-corrected chi connectivity index (χ4v) is 2.68. The molecule has 0 aliphatic rings. The van der Waals surface area contributed by atoms with Gasteiger partial charge >= 0.3 is 6.18 Å². The van der Waals surface area contributed by atoms with Crippen LogP contribution in [0.2, 0.25) is 0 Å². The number of pyridine rings is 1. The average Bonchev–Trinajstić information content (AvgIpc) is 3.28. The van der Waals surface area contributed by atoms with E-state index in [0.717, 1.165) is 10.4 Å². The van der Waals surface area contributed by atoms with Gasteiger partial charge in [0, 0.05) is 30.2 Å². The molecular weight excluding hydrogens is 445 g/mol. The summed E-state index contributed by atoms with van der Waals surface area (Å²) in [6, 6.07) is 3.44. The van der Waals surface area contributed by atoms with Gasteiger partial charge in [0.25, 0.3) is 5.91 Å². The first-order chi connectivity index (χ1) is 13.2. The lowest BCUT2D eigenvalue weighted by Crippen LogP contribution is -2.28. The number of nitrogens with zero attached hydrogens (tertiary/aromatic N) is 5. The van der Waals surface area contributed by atoms with Gasteiger partial charge in [-0.05, 0) is 19.1 Å². The van der Waals surface area contributed by atoms with E-state index in [2.05, 4.69) is 41.5 Å². The lowest BCUT2D eigenvalue weighted by Gasteiger charge is -2.09. The second-order valence-corrected chi connectivity index (χ2v) is 6.42. The van der Waals surface area contributed by atoms with Crippen LogP contribution in [-0.4, -0.2) is 30.8 Å². The number of aromatic nitrogens is 5. The molecule has 0 saturated carbocycles. The molecule has 1 N–H and O–H groups in total. The normalized spacial score (nSPS) is 12.8. The maximum Gasteiger partial charge on any atom is 0.435 e. The van der Waals surface area contributed by atoms with Gasteiger partial charge < -0.3 is 9.84 Å². The van der Waals surface area contributed by atoms with Crippen LogP contribution in [0, 0.1) is 0 Å². The largest absolute Gasteiger partial charge is 0.435 e. The van der Waals surface area contributed by atoms with Crippen LogP contribution in [0.4, 0.5) is 13.2 Å². The first kappa shape index (κ1) is 20.0. The molecule has 0 aliphatic heterocycles. The van der Waals surface area contributed by atoms with Gasteiger partial charge in [-0.15, -0.1) is 0 Å². The number of carbonyl (C=O) groups is 1. The van der Waals surface area contributed by atoms with E-state index in [1.165, 1.54) is 7.05 Å². The Hall–Kier alpha value is -2.76. The molecule has 0 unspecified atom stereocenters. The van der Waals surface area contributed by atoms with E-state index in [1.54, 1.807) is 25.3 Å². The summed E-state index contributed by atoms with van der Waals surface area (Å²) in [6.45, 7) is 1.58. The Bertz CT molecular complexity index is 1000. The molecular formula is C16H14BrF3N6O2. The third-order valence-corrected chi connectivity index (χ3v) is 4.35. The third kappa shape index (κ3) is 4.21. The molecule has 3 aromatic heterocycles. The molecule has 0 bridgehead atoms. The lowest BCUT2D eigenvalue weighted by molar-refractivity contribution is -0.141. The minimum atomic E-state index is -4.64. The Balaban J connectivity index is 1.75. The first-order valence-electron chi connectivity index (χ1n) is 7.96. The topological polar surface area (TPSA) is 98.7 Å². The van der Waals surface area contributed by atoms with E-state index in [1.807, 2.05) is 0 Å². The molecule has 0 aromatic carbocycles. The molecule has 0 spiro atoms. The number of nitrogens with one attached hydrogen (secondary N) is 1. The van der Waals surface area contributed by atoms with Gasteiger partial charge in [-0.2, -0.15) is 23.3 Å². The van der Waals surface area contributed by atoms with Gasteiger partial charge in [0.05, 0.1) is 5.69 Å². The highest BCUT2D eigenvalue weighted by Gasteiger charge is 2.35. The Morgan fingerprint density at radius 2 is 2.14 bits per heavy atom. The number of amides is 1. The molecule has 1 atom stereocenters. The number of hydrogen-bond acceptors (Lipinski definition) is 6. The van der Waals surface area contributed by atoms with Crippen LogP contribution in [0.5, 0.6) is 0 Å².